The molecule has 0 amide bonds. The second-order valence-electron chi connectivity index (χ2n) is 10.0. The molecule has 4 aromatic rings. The highest BCUT2D eigenvalue weighted by Gasteiger charge is 2.54. The Labute approximate surface area is 271 Å². The van der Waals surface area contributed by atoms with Gasteiger partial charge in [-0.15, -0.1) is 0 Å². The van der Waals surface area contributed by atoms with E-state index >= 15 is 8.78 Å². The maximum atomic E-state index is 16.0. The number of imidazole rings is 2. The molecule has 3 aliphatic rings. The summed E-state index contributed by atoms with van der Waals surface area (Å²) >= 11 is 9.12. The molecule has 0 aromatic carbocycles. The molecule has 47 heavy (non-hydrogen) atoms. The van der Waals surface area contributed by atoms with E-state index in [1.807, 2.05) is 0 Å². The van der Waals surface area contributed by atoms with Crippen molar-refractivity contribution < 1.29 is 45.8 Å². The number of nitrogens with zero attached hydrogens (tertiary/aromatic N) is 7. The minimum atomic E-state index is -4.45. The number of halogens is 2. The van der Waals surface area contributed by atoms with Crippen molar-refractivity contribution in [3.63, 3.8) is 0 Å². The van der Waals surface area contributed by atoms with Crippen molar-refractivity contribution in [2.24, 2.45) is 0 Å². The number of nitrogen functional groups attached to an aromatic ring is 2. The summed E-state index contributed by atoms with van der Waals surface area (Å²) in [6.45, 7) is -10.2. The average molecular weight is 745 g/mol. The first-order valence-corrected chi connectivity index (χ1v) is 18.2. The van der Waals surface area contributed by atoms with Crippen LogP contribution in [-0.2, 0) is 43.9 Å². The van der Waals surface area contributed by atoms with Crippen LogP contribution in [0.4, 0.5) is 20.5 Å². The molecule has 27 heteroatoms. The lowest BCUT2D eigenvalue weighted by Crippen LogP contribution is -2.34. The Morgan fingerprint density at radius 1 is 0.936 bits per heavy atom. The number of fused-ring (bicyclic) bond motifs is 5. The largest absolute Gasteiger partial charge is 0.386 e. The lowest BCUT2D eigenvalue weighted by molar-refractivity contribution is -0.0584. The average Bonchev–Trinajstić information content (AvgIpc) is 3.72. The van der Waals surface area contributed by atoms with E-state index < -0.39 is 81.5 Å². The van der Waals surface area contributed by atoms with Crippen LogP contribution < -0.4 is 29.3 Å². The second-order valence-corrected chi connectivity index (χ2v) is 15.7. The Bertz CT molecular complexity index is 1960. The number of thiol groups is 1. The van der Waals surface area contributed by atoms with Gasteiger partial charge in [0.05, 0.1) is 25.9 Å². The fraction of sp³-hybridized carbons (Fsp3) is 0.500. The van der Waals surface area contributed by atoms with Crippen molar-refractivity contribution in [2.75, 3.05) is 24.7 Å². The van der Waals surface area contributed by atoms with Crippen LogP contribution >= 0.6 is 25.8 Å². The maximum Gasteiger partial charge on any atom is 0.386 e. The fourth-order valence-electron chi connectivity index (χ4n) is 5.23. The molecule has 21 nitrogen and oxygen atoms in total. The van der Waals surface area contributed by atoms with Crippen LogP contribution in [0.5, 0.6) is 0 Å². The summed E-state index contributed by atoms with van der Waals surface area (Å²) in [4.78, 5) is 45.6. The number of nitrogens with one attached hydrogen (secondary N) is 1. The number of aromatic nitrogens is 8. The van der Waals surface area contributed by atoms with Crippen molar-refractivity contribution in [1.29, 1.82) is 0 Å². The first-order chi connectivity index (χ1) is 21.3. The van der Waals surface area contributed by atoms with Gasteiger partial charge in [0.2, 0.25) is 5.95 Å². The molecule has 0 radical (unpaired) electrons. The highest BCUT2D eigenvalue weighted by Crippen LogP contribution is 2.58. The summed E-state index contributed by atoms with van der Waals surface area (Å²) in [6, 6.07) is 0. The van der Waals surface area contributed by atoms with Gasteiger partial charge in [0.1, 0.15) is 36.3 Å². The zero-order chi connectivity index (χ0) is 31.8. The predicted octanol–water partition coefficient (Wildman–Crippen LogP) is 0.991. The SMILES string of the molecule is N.N.Nc1nc2c(ncn2[C@@H]2O[C@@H]3COP(=O)(S)O[C@H]4[C@H](F)[C@H](n5cnc6c(N)ncnc65)O[C@@H]4COP(O)(=S)O[C@@H]2[C@@H]3F)c(=O)[nH]1. The van der Waals surface area contributed by atoms with Crippen LogP contribution in [0.15, 0.2) is 23.8 Å². The van der Waals surface area contributed by atoms with Gasteiger partial charge in [-0.25, -0.2) is 33.3 Å². The molecule has 2 bridgehead atoms. The van der Waals surface area contributed by atoms with E-state index in [4.69, 9.17) is 50.8 Å². The lowest BCUT2D eigenvalue weighted by Gasteiger charge is -2.27. The lowest BCUT2D eigenvalue weighted by atomic mass is 10.1. The summed E-state index contributed by atoms with van der Waals surface area (Å²) in [7, 11) is 0. The number of ether oxygens (including phenoxy) is 2. The first-order valence-electron chi connectivity index (χ1n) is 12.9. The smallest absolute Gasteiger partial charge is 0.382 e. The number of rotatable bonds is 2. The van der Waals surface area contributed by atoms with E-state index in [2.05, 4.69) is 42.2 Å². The molecule has 0 saturated carbocycles. The van der Waals surface area contributed by atoms with Crippen molar-refractivity contribution in [2.45, 2.75) is 49.2 Å². The number of anilines is 2. The minimum Gasteiger partial charge on any atom is -0.382 e. The minimum absolute atomic E-state index is 0. The highest BCUT2D eigenvalue weighted by atomic mass is 32.7. The molecule has 12 N–H and O–H groups in total. The third-order valence-electron chi connectivity index (χ3n) is 7.23. The highest BCUT2D eigenvalue weighted by molar-refractivity contribution is 8.44. The quantitative estimate of drug-likeness (QED) is 0.111. The van der Waals surface area contributed by atoms with Crippen molar-refractivity contribution in [3.8, 4) is 0 Å². The summed E-state index contributed by atoms with van der Waals surface area (Å²) in [5, 5.41) is 0. The van der Waals surface area contributed by atoms with E-state index in [0.717, 1.165) is 17.2 Å². The molecule has 3 fully saturated rings. The van der Waals surface area contributed by atoms with Gasteiger partial charge in [0.15, 0.2) is 47.4 Å². The van der Waals surface area contributed by atoms with Gasteiger partial charge in [-0.3, -0.25) is 32.5 Å². The standard InChI is InChI=1S/C20H22F2N10O9P2S2.2H3N/c21-8-6-1-36-42(34,44)40-12-7(39-18(9(12)22)31-4-27-10-14(23)25-3-26-15(10)31)2-37-43(35,45)41-13(8)19(38-6)32-5-28-11-16(32)29-20(24)30-17(11)33;;/h3-9,12-13,18-19H,1-2H2,(H,34,44)(H,35,45)(H2,23,25,26)(H3,24,29,30,33);2*1H3/t6-,7-,8-,9+,12-,13-,18-,19-,42?,43?;;/m1../s1. The molecule has 0 aliphatic carbocycles. The molecular formula is C20H28F2N12O9P2S2. The first kappa shape index (κ1) is 35.5. The Balaban J connectivity index is 0.00000217. The van der Waals surface area contributed by atoms with E-state index in [0.29, 0.717) is 0 Å². The Morgan fingerprint density at radius 3 is 2.34 bits per heavy atom. The third kappa shape index (κ3) is 6.39. The van der Waals surface area contributed by atoms with Crippen LogP contribution in [0, 0.1) is 0 Å². The maximum absolute atomic E-state index is 16.0. The molecule has 258 valence electrons. The summed E-state index contributed by atoms with van der Waals surface area (Å²) < 4.78 is 81.0. The van der Waals surface area contributed by atoms with Crippen molar-refractivity contribution in [1.82, 2.24) is 51.3 Å². The second kappa shape index (κ2) is 12.9. The summed E-state index contributed by atoms with van der Waals surface area (Å²) in [5.74, 6) is -0.223. The number of H-pyrrole nitrogens is 1. The molecule has 2 unspecified atom stereocenters. The molecule has 4 aromatic heterocycles. The van der Waals surface area contributed by atoms with Gasteiger partial charge in [0, 0.05) is 0 Å². The van der Waals surface area contributed by atoms with Gasteiger partial charge < -0.3 is 42.7 Å². The Hall–Kier alpha value is -2.77. The predicted molar refractivity (Wildman–Crippen MR) is 165 cm³/mol. The van der Waals surface area contributed by atoms with Gasteiger partial charge in [-0.2, -0.15) is 4.98 Å². The zero-order valence-electron chi connectivity index (χ0n) is 23.7. The molecular weight excluding hydrogens is 716 g/mol. The number of alkyl halides is 2. The number of aromatic amines is 1. The van der Waals surface area contributed by atoms with E-state index in [1.165, 1.54) is 10.9 Å². The van der Waals surface area contributed by atoms with Crippen LogP contribution in [0.3, 0.4) is 0 Å². The third-order valence-corrected chi connectivity index (χ3v) is 10.4. The number of hydrogen-bond acceptors (Lipinski definition) is 18. The molecule has 3 saturated heterocycles. The normalized spacial score (nSPS) is 36.1. The van der Waals surface area contributed by atoms with Crippen molar-refractivity contribution in [3.05, 3.63) is 29.3 Å². The van der Waals surface area contributed by atoms with E-state index in [1.54, 1.807) is 0 Å². The fourth-order valence-corrected chi connectivity index (χ4v) is 8.12. The van der Waals surface area contributed by atoms with Crippen molar-refractivity contribution >= 4 is 71.7 Å². The van der Waals surface area contributed by atoms with E-state index in [-0.39, 0.29) is 46.4 Å². The molecule has 10 atom stereocenters. The van der Waals surface area contributed by atoms with Gasteiger partial charge in [-0.1, -0.05) is 12.2 Å². The zero-order valence-corrected chi connectivity index (χ0v) is 27.2. The van der Waals surface area contributed by atoms with Crippen LogP contribution in [0.2, 0.25) is 0 Å². The van der Waals surface area contributed by atoms with Gasteiger partial charge in [0.25, 0.3) is 5.56 Å². The van der Waals surface area contributed by atoms with Crippen LogP contribution in [-0.4, -0.2) is 93.9 Å². The van der Waals surface area contributed by atoms with E-state index in [9.17, 15) is 14.3 Å². The van der Waals surface area contributed by atoms with Gasteiger partial charge in [-0.05, 0) is 11.8 Å². The van der Waals surface area contributed by atoms with Crippen LogP contribution in [0.1, 0.15) is 12.5 Å². The molecule has 7 rings (SSSR count). The molecule has 0 spiro atoms. The Kier molecular flexibility index (Phi) is 9.77. The Morgan fingerprint density at radius 2 is 1.60 bits per heavy atom. The number of hydrogen-bond donors (Lipinski definition) is 7. The molecule has 3 aliphatic heterocycles. The molecule has 7 heterocycles. The summed E-state index contributed by atoms with van der Waals surface area (Å²) in [5.41, 5.74) is 10.9. The monoisotopic (exact) mass is 744 g/mol. The summed E-state index contributed by atoms with van der Waals surface area (Å²) in [6.07, 6.45) is -9.83. The van der Waals surface area contributed by atoms with Crippen LogP contribution in [0.25, 0.3) is 22.3 Å². The van der Waals surface area contributed by atoms with Gasteiger partial charge >= 0.3 is 13.5 Å². The number of nitrogens with two attached hydrogens (primary N) is 2. The topological polar surface area (TPSA) is 322 Å².